The molecule has 1 heterocycles. The van der Waals surface area contributed by atoms with Gasteiger partial charge in [0.2, 0.25) is 5.91 Å². The smallest absolute Gasteiger partial charge is 0.237 e. The van der Waals surface area contributed by atoms with Crippen molar-refractivity contribution in [3.8, 4) is 0 Å². The molecule has 5 nitrogen and oxygen atoms in total. The Labute approximate surface area is 129 Å². The summed E-state index contributed by atoms with van der Waals surface area (Å²) < 4.78 is 0. The average molecular weight is 309 g/mol. The maximum Gasteiger partial charge on any atom is 0.237 e. The molecule has 1 aromatic rings. The minimum absolute atomic E-state index is 0.197. The molecule has 0 atom stereocenters. The van der Waals surface area contributed by atoms with E-state index in [1.54, 1.807) is 0 Å². The number of aromatic nitrogens is 2. The Morgan fingerprint density at radius 2 is 1.95 bits per heavy atom. The summed E-state index contributed by atoms with van der Waals surface area (Å²) in [5.41, 5.74) is 6.28. The molecule has 21 heavy (non-hydrogen) atoms. The molecule has 2 saturated carbocycles. The molecule has 1 amide bonds. The van der Waals surface area contributed by atoms with Gasteiger partial charge in [-0.25, -0.2) is 9.97 Å². The van der Waals surface area contributed by atoms with Gasteiger partial charge < -0.3 is 10.6 Å². The first-order chi connectivity index (χ1) is 10.1. The van der Waals surface area contributed by atoms with Gasteiger partial charge in [-0.2, -0.15) is 0 Å². The van der Waals surface area contributed by atoms with Crippen molar-refractivity contribution in [2.45, 2.75) is 57.4 Å². The minimum atomic E-state index is -0.330. The summed E-state index contributed by atoms with van der Waals surface area (Å²) in [5, 5.41) is 0.495. The van der Waals surface area contributed by atoms with E-state index in [2.05, 4.69) is 4.98 Å². The second kappa shape index (κ2) is 5.79. The van der Waals surface area contributed by atoms with Crippen LogP contribution in [0.2, 0.25) is 5.15 Å². The van der Waals surface area contributed by atoms with Crippen LogP contribution in [0.4, 0.5) is 5.82 Å². The third-order valence-corrected chi connectivity index (χ3v) is 4.75. The SMILES string of the molecule is Cc1c(Cl)nc(C2CC2)nc1N(CC(N)=O)C1CCCC1. The van der Waals surface area contributed by atoms with Crippen LogP contribution >= 0.6 is 11.6 Å². The van der Waals surface area contributed by atoms with Crippen molar-refractivity contribution in [3.05, 3.63) is 16.5 Å². The van der Waals surface area contributed by atoms with E-state index in [1.165, 1.54) is 12.8 Å². The fourth-order valence-electron chi connectivity index (χ4n) is 3.06. The fraction of sp³-hybridized carbons (Fsp3) is 0.667. The number of nitrogens with zero attached hydrogens (tertiary/aromatic N) is 3. The van der Waals surface area contributed by atoms with Crippen LogP contribution in [0.25, 0.3) is 0 Å². The van der Waals surface area contributed by atoms with Crippen molar-refractivity contribution in [3.63, 3.8) is 0 Å². The molecule has 2 aliphatic carbocycles. The van der Waals surface area contributed by atoms with Gasteiger partial charge in [0.25, 0.3) is 0 Å². The highest BCUT2D eigenvalue weighted by Crippen LogP contribution is 2.40. The van der Waals surface area contributed by atoms with Crippen LogP contribution in [-0.4, -0.2) is 28.5 Å². The lowest BCUT2D eigenvalue weighted by Crippen LogP contribution is -2.41. The predicted molar refractivity (Wildman–Crippen MR) is 82.6 cm³/mol. The number of anilines is 1. The van der Waals surface area contributed by atoms with Gasteiger partial charge in [0.05, 0.1) is 6.54 Å². The summed E-state index contributed by atoms with van der Waals surface area (Å²) in [4.78, 5) is 22.6. The Hall–Kier alpha value is -1.36. The summed E-state index contributed by atoms with van der Waals surface area (Å²) in [6.07, 6.45) is 6.77. The van der Waals surface area contributed by atoms with Gasteiger partial charge in [-0.1, -0.05) is 24.4 Å². The molecule has 0 bridgehead atoms. The van der Waals surface area contributed by atoms with Crippen LogP contribution in [0.15, 0.2) is 0 Å². The number of carbonyl (C=O) groups excluding carboxylic acids is 1. The third kappa shape index (κ3) is 3.12. The largest absolute Gasteiger partial charge is 0.368 e. The molecule has 0 spiro atoms. The van der Waals surface area contributed by atoms with Crippen LogP contribution in [0.5, 0.6) is 0 Å². The van der Waals surface area contributed by atoms with Crippen LogP contribution in [0, 0.1) is 6.92 Å². The summed E-state index contributed by atoms with van der Waals surface area (Å²) in [6.45, 7) is 2.11. The topological polar surface area (TPSA) is 72.1 Å². The van der Waals surface area contributed by atoms with Gasteiger partial charge in [-0.3, -0.25) is 4.79 Å². The summed E-state index contributed by atoms with van der Waals surface area (Å²) in [7, 11) is 0. The summed E-state index contributed by atoms with van der Waals surface area (Å²) in [5.74, 6) is 1.71. The Morgan fingerprint density at radius 3 is 2.52 bits per heavy atom. The molecule has 0 radical (unpaired) electrons. The zero-order valence-electron chi connectivity index (χ0n) is 12.3. The number of rotatable bonds is 5. The lowest BCUT2D eigenvalue weighted by atomic mass is 10.2. The molecular formula is C15H21ClN4O. The molecular weight excluding hydrogens is 288 g/mol. The maximum atomic E-state index is 11.5. The standard InChI is InChI=1S/C15H21ClN4O/c1-9-13(16)18-14(10-6-7-10)19-15(9)20(8-12(17)21)11-4-2-3-5-11/h10-11H,2-8H2,1H3,(H2,17,21). The molecule has 1 aromatic heterocycles. The second-order valence-corrected chi connectivity index (χ2v) is 6.49. The maximum absolute atomic E-state index is 11.5. The lowest BCUT2D eigenvalue weighted by Gasteiger charge is -2.30. The van der Waals surface area contributed by atoms with Crippen LogP contribution < -0.4 is 10.6 Å². The molecule has 0 aliphatic heterocycles. The van der Waals surface area contributed by atoms with Crippen LogP contribution in [-0.2, 0) is 4.79 Å². The van der Waals surface area contributed by atoms with Gasteiger partial charge in [-0.05, 0) is 32.6 Å². The molecule has 114 valence electrons. The molecule has 3 rings (SSSR count). The van der Waals surface area contributed by atoms with Crippen molar-refractivity contribution in [2.24, 2.45) is 5.73 Å². The molecule has 6 heteroatoms. The van der Waals surface area contributed by atoms with Crippen molar-refractivity contribution in [2.75, 3.05) is 11.4 Å². The van der Waals surface area contributed by atoms with E-state index >= 15 is 0 Å². The first-order valence-electron chi connectivity index (χ1n) is 7.65. The quantitative estimate of drug-likeness (QED) is 0.849. The van der Waals surface area contributed by atoms with E-state index in [-0.39, 0.29) is 12.5 Å². The predicted octanol–water partition coefficient (Wildman–Crippen LogP) is 2.55. The number of amides is 1. The summed E-state index contributed by atoms with van der Waals surface area (Å²) in [6, 6.07) is 0.328. The number of nitrogens with two attached hydrogens (primary N) is 1. The molecule has 2 fully saturated rings. The van der Waals surface area contributed by atoms with E-state index in [1.807, 2.05) is 11.8 Å². The molecule has 0 unspecified atom stereocenters. The zero-order chi connectivity index (χ0) is 15.0. The van der Waals surface area contributed by atoms with Gasteiger partial charge in [0.15, 0.2) is 0 Å². The number of hydrogen-bond acceptors (Lipinski definition) is 4. The normalized spacial score (nSPS) is 19.0. The summed E-state index contributed by atoms with van der Waals surface area (Å²) >= 11 is 6.28. The van der Waals surface area contributed by atoms with Crippen molar-refractivity contribution in [1.82, 2.24) is 9.97 Å². The zero-order valence-corrected chi connectivity index (χ0v) is 13.1. The second-order valence-electron chi connectivity index (χ2n) is 6.13. The number of carbonyl (C=O) groups is 1. The highest BCUT2D eigenvalue weighted by atomic mass is 35.5. The third-order valence-electron chi connectivity index (χ3n) is 4.38. The Balaban J connectivity index is 1.98. The van der Waals surface area contributed by atoms with Gasteiger partial charge in [0, 0.05) is 17.5 Å². The average Bonchev–Trinajstić information content (AvgIpc) is 3.14. The van der Waals surface area contributed by atoms with E-state index < -0.39 is 0 Å². The highest BCUT2D eigenvalue weighted by Gasteiger charge is 2.31. The van der Waals surface area contributed by atoms with Crippen molar-refractivity contribution in [1.29, 1.82) is 0 Å². The number of halogens is 1. The number of hydrogen-bond donors (Lipinski definition) is 1. The highest BCUT2D eigenvalue weighted by molar-refractivity contribution is 6.30. The van der Waals surface area contributed by atoms with E-state index in [9.17, 15) is 4.79 Å². The van der Waals surface area contributed by atoms with E-state index in [4.69, 9.17) is 22.3 Å². The van der Waals surface area contributed by atoms with E-state index in [0.29, 0.717) is 17.1 Å². The first kappa shape index (κ1) is 14.6. The Bertz CT molecular complexity index is 553. The Kier molecular flexibility index (Phi) is 4.02. The van der Waals surface area contributed by atoms with Crippen LogP contribution in [0.3, 0.4) is 0 Å². The van der Waals surface area contributed by atoms with Crippen molar-refractivity contribution < 1.29 is 4.79 Å². The number of primary amides is 1. The van der Waals surface area contributed by atoms with Crippen molar-refractivity contribution >= 4 is 23.3 Å². The van der Waals surface area contributed by atoms with Gasteiger partial charge in [0.1, 0.15) is 16.8 Å². The monoisotopic (exact) mass is 308 g/mol. The molecule has 2 aliphatic rings. The van der Waals surface area contributed by atoms with Gasteiger partial charge in [-0.15, -0.1) is 0 Å². The molecule has 0 aromatic carbocycles. The molecule has 0 saturated heterocycles. The lowest BCUT2D eigenvalue weighted by molar-refractivity contribution is -0.116. The van der Waals surface area contributed by atoms with Crippen LogP contribution in [0.1, 0.15) is 55.8 Å². The minimum Gasteiger partial charge on any atom is -0.368 e. The fourth-order valence-corrected chi connectivity index (χ4v) is 3.23. The van der Waals surface area contributed by atoms with Gasteiger partial charge >= 0.3 is 0 Å². The molecule has 2 N–H and O–H groups in total. The Morgan fingerprint density at radius 1 is 1.29 bits per heavy atom. The van der Waals surface area contributed by atoms with E-state index in [0.717, 1.165) is 42.9 Å². The first-order valence-corrected chi connectivity index (χ1v) is 8.03.